The fourth-order valence-electron chi connectivity index (χ4n) is 3.55. The van der Waals surface area contributed by atoms with Crippen LogP contribution in [0.25, 0.3) is 22.2 Å². The number of nitrogens with one attached hydrogen (secondary N) is 3. The van der Waals surface area contributed by atoms with E-state index in [1.807, 2.05) is 13.0 Å². The van der Waals surface area contributed by atoms with Crippen molar-refractivity contribution < 1.29 is 0 Å². The van der Waals surface area contributed by atoms with Crippen molar-refractivity contribution in [3.05, 3.63) is 35.4 Å². The number of halogens is 1. The number of nitrogens with two attached hydrogens (primary N) is 1. The van der Waals surface area contributed by atoms with Gasteiger partial charge in [0.05, 0.1) is 16.5 Å². The predicted octanol–water partition coefficient (Wildman–Crippen LogP) is 2.33. The Morgan fingerprint density at radius 3 is 2.90 bits per heavy atom. The Balaban J connectivity index is 1.51. The smallest absolute Gasteiger partial charge is 0.196 e. The van der Waals surface area contributed by atoms with E-state index in [9.17, 15) is 0 Å². The standard InChI is InChI=1S/C19H19ClN10S/c1-2-11-14(20)13-16(27-11)28-19(29-17(13)30-7-9(8-30)26-18(21)22)31-10-5-12-15(25-6-10)24-4-3-23-12/h3-6,9H,2,7-8H2,1H3,(H4,21,22,26)(H,27,28,29). The molecule has 0 spiro atoms. The maximum absolute atomic E-state index is 7.42. The summed E-state index contributed by atoms with van der Waals surface area (Å²) in [6, 6.07) is 2.02. The number of hydrogen-bond acceptors (Lipinski definition) is 8. The van der Waals surface area contributed by atoms with Gasteiger partial charge in [-0.3, -0.25) is 10.4 Å². The molecule has 0 bridgehead atoms. The third kappa shape index (κ3) is 3.70. The van der Waals surface area contributed by atoms with Crippen LogP contribution in [0.15, 0.2) is 34.7 Å². The lowest BCUT2D eigenvalue weighted by molar-refractivity contribution is 0.472. The molecular formula is C19H19ClN10S. The fourth-order valence-corrected chi connectivity index (χ4v) is 4.66. The molecule has 1 saturated heterocycles. The van der Waals surface area contributed by atoms with Crippen molar-refractivity contribution in [2.45, 2.75) is 29.4 Å². The Morgan fingerprint density at radius 2 is 2.13 bits per heavy atom. The summed E-state index contributed by atoms with van der Waals surface area (Å²) in [5.41, 5.74) is 8.39. The Kier molecular flexibility index (Phi) is 4.98. The van der Waals surface area contributed by atoms with Crippen LogP contribution in [-0.2, 0) is 6.42 Å². The second-order valence-electron chi connectivity index (χ2n) is 7.16. The molecule has 0 aliphatic carbocycles. The van der Waals surface area contributed by atoms with Crippen LogP contribution in [0.5, 0.6) is 0 Å². The van der Waals surface area contributed by atoms with Crippen LogP contribution in [0.2, 0.25) is 5.02 Å². The molecule has 5 heterocycles. The van der Waals surface area contributed by atoms with E-state index in [0.717, 1.165) is 28.2 Å². The summed E-state index contributed by atoms with van der Waals surface area (Å²) in [7, 11) is 0. The molecule has 4 aromatic rings. The molecule has 0 atom stereocenters. The third-order valence-electron chi connectivity index (χ3n) is 5.03. The molecule has 0 aromatic carbocycles. The number of aromatic amines is 1. The molecule has 0 radical (unpaired) electrons. The van der Waals surface area contributed by atoms with E-state index in [1.54, 1.807) is 18.6 Å². The lowest BCUT2D eigenvalue weighted by atomic mass is 10.1. The number of aromatic nitrogens is 6. The van der Waals surface area contributed by atoms with Gasteiger partial charge in [-0.1, -0.05) is 18.5 Å². The molecule has 0 unspecified atom stereocenters. The summed E-state index contributed by atoms with van der Waals surface area (Å²) in [6.07, 6.45) is 5.76. The van der Waals surface area contributed by atoms with Gasteiger partial charge in [-0.05, 0) is 24.2 Å². The minimum atomic E-state index is -0.0337. The van der Waals surface area contributed by atoms with E-state index < -0.39 is 0 Å². The highest BCUT2D eigenvalue weighted by Crippen LogP contribution is 2.38. The number of guanidine groups is 1. The largest absolute Gasteiger partial charge is 0.370 e. The molecule has 5 rings (SSSR count). The average molecular weight is 455 g/mol. The van der Waals surface area contributed by atoms with Gasteiger partial charge in [-0.25, -0.2) is 19.9 Å². The SMILES string of the molecule is CCc1[nH]c2nc(Sc3cnc4nccnc4c3)nc(N3CC(NC(=N)N)C3)c2c1Cl. The van der Waals surface area contributed by atoms with E-state index in [2.05, 4.69) is 30.2 Å². The zero-order valence-electron chi connectivity index (χ0n) is 16.6. The minimum absolute atomic E-state index is 0.0337. The van der Waals surface area contributed by atoms with Crippen molar-refractivity contribution in [3.63, 3.8) is 0 Å². The first-order valence-corrected chi connectivity index (χ1v) is 10.9. The first-order valence-electron chi connectivity index (χ1n) is 9.70. The third-order valence-corrected chi connectivity index (χ3v) is 6.27. The number of nitrogens with zero attached hydrogens (tertiary/aromatic N) is 6. The zero-order chi connectivity index (χ0) is 21.5. The number of anilines is 1. The van der Waals surface area contributed by atoms with Crippen LogP contribution in [0.4, 0.5) is 5.82 Å². The number of H-pyrrole nitrogens is 1. The number of fused-ring (bicyclic) bond motifs is 2. The van der Waals surface area contributed by atoms with Crippen molar-refractivity contribution in [2.24, 2.45) is 5.73 Å². The maximum atomic E-state index is 7.42. The Hall–Kier alpha value is -3.18. The summed E-state index contributed by atoms with van der Waals surface area (Å²) in [4.78, 5) is 28.7. The normalized spacial score (nSPS) is 14.2. The van der Waals surface area contributed by atoms with E-state index in [0.29, 0.717) is 40.1 Å². The van der Waals surface area contributed by atoms with E-state index in [1.165, 1.54) is 11.8 Å². The van der Waals surface area contributed by atoms with E-state index in [-0.39, 0.29) is 12.0 Å². The zero-order valence-corrected chi connectivity index (χ0v) is 18.1. The molecule has 4 aromatic heterocycles. The van der Waals surface area contributed by atoms with Gasteiger partial charge in [0.2, 0.25) is 0 Å². The van der Waals surface area contributed by atoms with Gasteiger partial charge < -0.3 is 20.9 Å². The van der Waals surface area contributed by atoms with Crippen LogP contribution in [0, 0.1) is 5.41 Å². The second-order valence-corrected chi connectivity index (χ2v) is 8.58. The van der Waals surface area contributed by atoms with Gasteiger partial charge in [0.1, 0.15) is 17.0 Å². The lowest BCUT2D eigenvalue weighted by Gasteiger charge is -2.40. The number of rotatable bonds is 5. The molecule has 5 N–H and O–H groups in total. The quantitative estimate of drug-likeness (QED) is 0.203. The molecule has 0 amide bonds. The molecule has 158 valence electrons. The first kappa shape index (κ1) is 19.8. The van der Waals surface area contributed by atoms with Crippen LogP contribution in [0.3, 0.4) is 0 Å². The second kappa shape index (κ2) is 7.82. The van der Waals surface area contributed by atoms with Gasteiger partial charge in [-0.2, -0.15) is 0 Å². The van der Waals surface area contributed by atoms with Gasteiger partial charge >= 0.3 is 0 Å². The van der Waals surface area contributed by atoms with Crippen molar-refractivity contribution in [1.82, 2.24) is 35.2 Å². The Bertz CT molecular complexity index is 1300. The molecule has 10 nitrogen and oxygen atoms in total. The van der Waals surface area contributed by atoms with Crippen LogP contribution in [0.1, 0.15) is 12.6 Å². The summed E-state index contributed by atoms with van der Waals surface area (Å²) in [5, 5.41) is 12.4. The van der Waals surface area contributed by atoms with Crippen LogP contribution >= 0.6 is 23.4 Å². The van der Waals surface area contributed by atoms with Crippen molar-refractivity contribution in [1.29, 1.82) is 5.41 Å². The summed E-state index contributed by atoms with van der Waals surface area (Å²) in [6.45, 7) is 3.38. The van der Waals surface area contributed by atoms with Crippen LogP contribution < -0.4 is 16.0 Å². The van der Waals surface area contributed by atoms with Crippen molar-refractivity contribution in [2.75, 3.05) is 18.0 Å². The van der Waals surface area contributed by atoms with Gasteiger partial charge in [0.15, 0.2) is 16.8 Å². The topological polar surface area (TPSA) is 145 Å². The highest BCUT2D eigenvalue weighted by atomic mass is 35.5. The lowest BCUT2D eigenvalue weighted by Crippen LogP contribution is -2.60. The van der Waals surface area contributed by atoms with Gasteiger partial charge in [0.25, 0.3) is 0 Å². The summed E-state index contributed by atoms with van der Waals surface area (Å²) < 4.78 is 0. The highest BCUT2D eigenvalue weighted by molar-refractivity contribution is 7.99. The van der Waals surface area contributed by atoms with Crippen LogP contribution in [-0.4, -0.2) is 55.0 Å². The molecule has 1 aliphatic rings. The molecule has 31 heavy (non-hydrogen) atoms. The predicted molar refractivity (Wildman–Crippen MR) is 121 cm³/mol. The summed E-state index contributed by atoms with van der Waals surface area (Å²) in [5.74, 6) is 0.733. The molecule has 0 saturated carbocycles. The minimum Gasteiger partial charge on any atom is -0.370 e. The highest BCUT2D eigenvalue weighted by Gasteiger charge is 2.31. The number of hydrogen-bond donors (Lipinski definition) is 4. The van der Waals surface area contributed by atoms with E-state index in [4.69, 9.17) is 32.7 Å². The van der Waals surface area contributed by atoms with Crippen molar-refractivity contribution >= 4 is 57.3 Å². The number of aryl methyl sites for hydroxylation is 1. The first-order chi connectivity index (χ1) is 15.0. The maximum Gasteiger partial charge on any atom is 0.196 e. The summed E-state index contributed by atoms with van der Waals surface area (Å²) >= 11 is 8.05. The Morgan fingerprint density at radius 1 is 1.32 bits per heavy atom. The molecule has 1 aliphatic heterocycles. The van der Waals surface area contributed by atoms with Gasteiger partial charge in [-0.15, -0.1) is 0 Å². The Labute approximate surface area is 186 Å². The number of pyridine rings is 1. The molecule has 12 heteroatoms. The molecular weight excluding hydrogens is 436 g/mol. The monoisotopic (exact) mass is 454 g/mol. The fraction of sp³-hybridized carbons (Fsp3) is 0.263. The average Bonchev–Trinajstić information content (AvgIpc) is 3.05. The molecule has 1 fully saturated rings. The van der Waals surface area contributed by atoms with Gasteiger partial charge in [0, 0.05) is 42.3 Å². The van der Waals surface area contributed by atoms with Crippen molar-refractivity contribution in [3.8, 4) is 0 Å². The van der Waals surface area contributed by atoms with E-state index >= 15 is 0 Å².